The van der Waals surface area contributed by atoms with Crippen LogP contribution in [0.25, 0.3) is 5.69 Å². The number of carbonyl (C=O) groups is 1. The average Bonchev–Trinajstić information content (AvgIpc) is 3.12. The van der Waals surface area contributed by atoms with Crippen molar-refractivity contribution in [3.05, 3.63) is 45.4 Å². The number of rotatable bonds is 5. The van der Waals surface area contributed by atoms with Gasteiger partial charge in [0.05, 0.1) is 11.4 Å². The quantitative estimate of drug-likeness (QED) is 0.526. The van der Waals surface area contributed by atoms with E-state index in [0.29, 0.717) is 10.9 Å². The molecule has 0 aliphatic carbocycles. The first-order chi connectivity index (χ1) is 11.1. The van der Waals surface area contributed by atoms with Gasteiger partial charge in [-0.3, -0.25) is 4.79 Å². The largest absolute Gasteiger partial charge is 0.302 e. The molecule has 0 atom stereocenters. The van der Waals surface area contributed by atoms with Gasteiger partial charge in [0, 0.05) is 18.1 Å². The minimum atomic E-state index is -0.113. The van der Waals surface area contributed by atoms with Crippen LogP contribution in [0, 0.1) is 3.95 Å². The molecule has 0 bridgehead atoms. The molecule has 23 heavy (non-hydrogen) atoms. The van der Waals surface area contributed by atoms with Crippen molar-refractivity contribution in [1.82, 2.24) is 14.8 Å². The fourth-order valence-electron chi connectivity index (χ4n) is 1.77. The fraction of sp³-hybridized carbons (Fsp3) is 0.143. The van der Waals surface area contributed by atoms with Crippen LogP contribution >= 0.6 is 46.7 Å². The van der Waals surface area contributed by atoms with Gasteiger partial charge in [-0.25, -0.2) is 9.67 Å². The van der Waals surface area contributed by atoms with E-state index in [4.69, 9.17) is 12.2 Å². The molecule has 2 aromatic heterocycles. The second-order valence-corrected chi connectivity index (χ2v) is 8.20. The first-order valence-corrected chi connectivity index (χ1v) is 9.71. The van der Waals surface area contributed by atoms with Crippen LogP contribution in [0.1, 0.15) is 12.6 Å². The van der Waals surface area contributed by atoms with E-state index < -0.39 is 0 Å². The normalized spacial score (nSPS) is 10.7. The number of benzene rings is 1. The van der Waals surface area contributed by atoms with Crippen LogP contribution in [0.2, 0.25) is 0 Å². The Morgan fingerprint density at radius 2 is 2.17 bits per heavy atom. The number of anilines is 1. The Morgan fingerprint density at radius 3 is 2.91 bits per heavy atom. The molecule has 9 heteroatoms. The lowest BCUT2D eigenvalue weighted by Crippen LogP contribution is -2.05. The van der Waals surface area contributed by atoms with Gasteiger partial charge in [-0.15, -0.1) is 16.4 Å². The van der Waals surface area contributed by atoms with Crippen LogP contribution in [-0.4, -0.2) is 20.7 Å². The van der Waals surface area contributed by atoms with E-state index in [-0.39, 0.29) is 5.91 Å². The van der Waals surface area contributed by atoms with E-state index in [2.05, 4.69) is 15.4 Å². The second-order valence-electron chi connectivity index (χ2n) is 4.50. The molecule has 0 saturated heterocycles. The number of thiazole rings is 1. The van der Waals surface area contributed by atoms with Gasteiger partial charge in [-0.1, -0.05) is 41.3 Å². The standard InChI is InChI=1S/C14H12N4OS4/c1-9(19)15-12-16-10(7-21-12)8-22-13-17-18(14(20)23-13)11-5-3-2-4-6-11/h2-7H,8H2,1H3,(H,15,16,19). The third-order valence-electron chi connectivity index (χ3n) is 2.71. The lowest BCUT2D eigenvalue weighted by molar-refractivity contribution is -0.114. The van der Waals surface area contributed by atoms with Gasteiger partial charge in [0.1, 0.15) is 0 Å². The van der Waals surface area contributed by atoms with Crippen molar-refractivity contribution in [1.29, 1.82) is 0 Å². The highest BCUT2D eigenvalue weighted by Gasteiger charge is 2.09. The zero-order valence-electron chi connectivity index (χ0n) is 12.1. The van der Waals surface area contributed by atoms with Gasteiger partial charge in [0.2, 0.25) is 5.91 Å². The average molecular weight is 381 g/mol. The molecular formula is C14H12N4OS4. The van der Waals surface area contributed by atoms with Gasteiger partial charge in [-0.05, 0) is 24.4 Å². The summed E-state index contributed by atoms with van der Waals surface area (Å²) in [7, 11) is 0. The molecule has 1 amide bonds. The number of nitrogens with one attached hydrogen (secondary N) is 1. The number of nitrogens with zero attached hydrogens (tertiary/aromatic N) is 3. The maximum atomic E-state index is 11.0. The Kier molecular flexibility index (Phi) is 5.21. The van der Waals surface area contributed by atoms with Crippen molar-refractivity contribution in [3.63, 3.8) is 0 Å². The summed E-state index contributed by atoms with van der Waals surface area (Å²) in [5.74, 6) is 0.575. The van der Waals surface area contributed by atoms with Crippen molar-refractivity contribution in [2.24, 2.45) is 0 Å². The smallest absolute Gasteiger partial charge is 0.223 e. The Morgan fingerprint density at radius 1 is 1.39 bits per heavy atom. The fourth-order valence-corrected chi connectivity index (χ4v) is 4.88. The van der Waals surface area contributed by atoms with Gasteiger partial charge in [0.25, 0.3) is 0 Å². The highest BCUT2D eigenvalue weighted by Crippen LogP contribution is 2.28. The maximum Gasteiger partial charge on any atom is 0.223 e. The van der Waals surface area contributed by atoms with Gasteiger partial charge in [0.15, 0.2) is 13.4 Å². The summed E-state index contributed by atoms with van der Waals surface area (Å²) in [5.41, 5.74) is 1.87. The van der Waals surface area contributed by atoms with Gasteiger partial charge < -0.3 is 5.32 Å². The minimum absolute atomic E-state index is 0.113. The predicted octanol–water partition coefficient (Wildman–Crippen LogP) is 4.37. The summed E-state index contributed by atoms with van der Waals surface area (Å²) in [6.07, 6.45) is 0. The van der Waals surface area contributed by atoms with Crippen LogP contribution in [0.4, 0.5) is 5.13 Å². The second kappa shape index (κ2) is 7.35. The SMILES string of the molecule is CC(=O)Nc1nc(CSc2nn(-c3ccccc3)c(=S)s2)cs1. The number of aromatic nitrogens is 3. The lowest BCUT2D eigenvalue weighted by Gasteiger charge is -1.98. The number of para-hydroxylation sites is 1. The Bertz CT molecular complexity index is 868. The monoisotopic (exact) mass is 380 g/mol. The predicted molar refractivity (Wildman–Crippen MR) is 98.3 cm³/mol. The zero-order chi connectivity index (χ0) is 16.2. The topological polar surface area (TPSA) is 59.8 Å². The van der Waals surface area contributed by atoms with Crippen molar-refractivity contribution in [2.75, 3.05) is 5.32 Å². The molecule has 0 fully saturated rings. The van der Waals surface area contributed by atoms with Crippen LogP contribution in [-0.2, 0) is 10.5 Å². The molecule has 1 aromatic carbocycles. The molecule has 118 valence electrons. The molecule has 0 radical (unpaired) electrons. The highest BCUT2D eigenvalue weighted by molar-refractivity contribution is 8.00. The number of carbonyl (C=O) groups excluding carboxylic acids is 1. The maximum absolute atomic E-state index is 11.0. The van der Waals surface area contributed by atoms with E-state index in [1.807, 2.05) is 35.7 Å². The summed E-state index contributed by atoms with van der Waals surface area (Å²) in [6.45, 7) is 1.47. The van der Waals surface area contributed by atoms with Gasteiger partial charge >= 0.3 is 0 Å². The van der Waals surface area contributed by atoms with Crippen LogP contribution < -0.4 is 5.32 Å². The Balaban J connectivity index is 1.68. The summed E-state index contributed by atoms with van der Waals surface area (Å²) in [4.78, 5) is 15.4. The molecule has 0 saturated carbocycles. The highest BCUT2D eigenvalue weighted by atomic mass is 32.2. The zero-order valence-corrected chi connectivity index (χ0v) is 15.3. The molecule has 0 spiro atoms. The summed E-state index contributed by atoms with van der Waals surface area (Å²) < 4.78 is 3.38. The summed E-state index contributed by atoms with van der Waals surface area (Å²) in [6, 6.07) is 9.84. The molecule has 5 nitrogen and oxygen atoms in total. The molecule has 2 heterocycles. The van der Waals surface area contributed by atoms with Crippen molar-refractivity contribution < 1.29 is 4.79 Å². The third kappa shape index (κ3) is 4.25. The van der Waals surface area contributed by atoms with E-state index >= 15 is 0 Å². The molecule has 0 unspecified atom stereocenters. The van der Waals surface area contributed by atoms with Crippen LogP contribution in [0.5, 0.6) is 0 Å². The number of amides is 1. The number of hydrogen-bond acceptors (Lipinski definition) is 7. The van der Waals surface area contributed by atoms with E-state index in [1.165, 1.54) is 29.6 Å². The molecule has 3 rings (SSSR count). The lowest BCUT2D eigenvalue weighted by atomic mass is 10.3. The Labute approximate surface area is 150 Å². The van der Waals surface area contributed by atoms with E-state index in [0.717, 1.165) is 19.7 Å². The molecular weight excluding hydrogens is 368 g/mol. The summed E-state index contributed by atoms with van der Waals surface area (Å²) >= 11 is 9.87. The first kappa shape index (κ1) is 16.3. The number of hydrogen-bond donors (Lipinski definition) is 1. The first-order valence-electron chi connectivity index (χ1n) is 6.62. The van der Waals surface area contributed by atoms with Gasteiger partial charge in [-0.2, -0.15) is 0 Å². The van der Waals surface area contributed by atoms with Crippen LogP contribution in [0.15, 0.2) is 40.1 Å². The molecule has 1 N–H and O–H groups in total. The van der Waals surface area contributed by atoms with Crippen molar-refractivity contribution >= 4 is 57.7 Å². The van der Waals surface area contributed by atoms with Crippen LogP contribution in [0.3, 0.4) is 0 Å². The molecule has 0 aliphatic rings. The summed E-state index contributed by atoms with van der Waals surface area (Å²) in [5, 5.41) is 9.79. The van der Waals surface area contributed by atoms with Crippen molar-refractivity contribution in [2.45, 2.75) is 17.0 Å². The van der Waals surface area contributed by atoms with Crippen molar-refractivity contribution in [3.8, 4) is 5.69 Å². The Hall–Kier alpha value is -1.55. The third-order valence-corrected chi connectivity index (χ3v) is 5.91. The minimum Gasteiger partial charge on any atom is -0.302 e. The molecule has 0 aliphatic heterocycles. The van der Waals surface area contributed by atoms with E-state index in [1.54, 1.807) is 16.4 Å². The number of thioether (sulfide) groups is 1. The molecule has 3 aromatic rings. The van der Waals surface area contributed by atoms with E-state index in [9.17, 15) is 4.79 Å².